The SMILES string of the molecule is COc1cc(NC(=O)c2cc(N)cc(F)c2)ccc1Br. The van der Waals surface area contributed by atoms with Crippen molar-refractivity contribution in [3.05, 3.63) is 52.3 Å². The molecule has 104 valence electrons. The normalized spacial score (nSPS) is 10.2. The van der Waals surface area contributed by atoms with Crippen molar-refractivity contribution < 1.29 is 13.9 Å². The summed E-state index contributed by atoms with van der Waals surface area (Å²) in [7, 11) is 1.53. The molecule has 0 unspecified atom stereocenters. The first-order chi connectivity index (χ1) is 9.49. The van der Waals surface area contributed by atoms with Crippen molar-refractivity contribution >= 4 is 33.2 Å². The molecule has 3 N–H and O–H groups in total. The smallest absolute Gasteiger partial charge is 0.255 e. The number of anilines is 2. The van der Waals surface area contributed by atoms with Gasteiger partial charge in [0.1, 0.15) is 11.6 Å². The van der Waals surface area contributed by atoms with E-state index in [-0.39, 0.29) is 11.3 Å². The zero-order chi connectivity index (χ0) is 14.7. The first kappa shape index (κ1) is 14.3. The maximum Gasteiger partial charge on any atom is 0.255 e. The fourth-order valence-electron chi connectivity index (χ4n) is 1.68. The average Bonchev–Trinajstić information content (AvgIpc) is 2.39. The molecular formula is C14H12BrFN2O2. The lowest BCUT2D eigenvalue weighted by Gasteiger charge is -2.09. The lowest BCUT2D eigenvalue weighted by atomic mass is 10.1. The van der Waals surface area contributed by atoms with Crippen molar-refractivity contribution in [2.75, 3.05) is 18.2 Å². The second-order valence-corrected chi connectivity index (χ2v) is 4.93. The maximum absolute atomic E-state index is 13.2. The van der Waals surface area contributed by atoms with E-state index in [0.29, 0.717) is 11.4 Å². The third kappa shape index (κ3) is 3.27. The minimum atomic E-state index is -0.552. The summed E-state index contributed by atoms with van der Waals surface area (Å²) in [5, 5.41) is 2.65. The zero-order valence-electron chi connectivity index (χ0n) is 10.6. The van der Waals surface area contributed by atoms with Gasteiger partial charge in [-0.2, -0.15) is 0 Å². The van der Waals surface area contributed by atoms with Gasteiger partial charge in [0.05, 0.1) is 11.6 Å². The van der Waals surface area contributed by atoms with Crippen LogP contribution in [0.25, 0.3) is 0 Å². The Morgan fingerprint density at radius 1 is 1.30 bits per heavy atom. The molecule has 0 aliphatic rings. The van der Waals surface area contributed by atoms with Gasteiger partial charge in [0.25, 0.3) is 5.91 Å². The molecule has 20 heavy (non-hydrogen) atoms. The van der Waals surface area contributed by atoms with E-state index in [1.165, 1.54) is 13.2 Å². The van der Waals surface area contributed by atoms with Crippen LogP contribution >= 0.6 is 15.9 Å². The number of halogens is 2. The van der Waals surface area contributed by atoms with E-state index < -0.39 is 11.7 Å². The molecule has 0 aliphatic carbocycles. The third-order valence-corrected chi connectivity index (χ3v) is 3.25. The number of rotatable bonds is 3. The molecule has 0 atom stereocenters. The summed E-state index contributed by atoms with van der Waals surface area (Å²) in [5.41, 5.74) is 6.40. The summed E-state index contributed by atoms with van der Waals surface area (Å²) in [6, 6.07) is 8.79. The Labute approximate surface area is 123 Å². The summed E-state index contributed by atoms with van der Waals surface area (Å²) >= 11 is 3.32. The highest BCUT2D eigenvalue weighted by Gasteiger charge is 2.10. The molecule has 0 spiro atoms. The Hall–Kier alpha value is -2.08. The second-order valence-electron chi connectivity index (χ2n) is 4.08. The molecule has 4 nitrogen and oxygen atoms in total. The van der Waals surface area contributed by atoms with E-state index in [1.807, 2.05) is 0 Å². The first-order valence-corrected chi connectivity index (χ1v) is 6.50. The molecule has 0 saturated heterocycles. The van der Waals surface area contributed by atoms with Crippen LogP contribution in [0, 0.1) is 5.82 Å². The number of carbonyl (C=O) groups excluding carboxylic acids is 1. The number of amides is 1. The van der Waals surface area contributed by atoms with Crippen LogP contribution in [0.3, 0.4) is 0 Å². The van der Waals surface area contributed by atoms with Gasteiger partial charge >= 0.3 is 0 Å². The Morgan fingerprint density at radius 2 is 2.05 bits per heavy atom. The van der Waals surface area contributed by atoms with Crippen LogP contribution in [0.5, 0.6) is 5.75 Å². The van der Waals surface area contributed by atoms with Crippen molar-refractivity contribution in [2.24, 2.45) is 0 Å². The van der Waals surface area contributed by atoms with Gasteiger partial charge < -0.3 is 15.8 Å². The fraction of sp³-hybridized carbons (Fsp3) is 0.0714. The average molecular weight is 339 g/mol. The Bertz CT molecular complexity index is 641. The van der Waals surface area contributed by atoms with Gasteiger partial charge in [-0.1, -0.05) is 0 Å². The minimum Gasteiger partial charge on any atom is -0.495 e. The van der Waals surface area contributed by atoms with Gasteiger partial charge in [-0.05, 0) is 46.3 Å². The summed E-state index contributed by atoms with van der Waals surface area (Å²) < 4.78 is 19.1. The van der Waals surface area contributed by atoms with E-state index in [4.69, 9.17) is 10.5 Å². The van der Waals surface area contributed by atoms with Crippen molar-refractivity contribution in [3.8, 4) is 5.75 Å². The number of carbonyl (C=O) groups is 1. The monoisotopic (exact) mass is 338 g/mol. The third-order valence-electron chi connectivity index (χ3n) is 2.59. The van der Waals surface area contributed by atoms with Crippen molar-refractivity contribution in [1.82, 2.24) is 0 Å². The predicted octanol–water partition coefficient (Wildman–Crippen LogP) is 3.43. The van der Waals surface area contributed by atoms with E-state index in [0.717, 1.165) is 16.6 Å². The summed E-state index contributed by atoms with van der Waals surface area (Å²) in [5.74, 6) is -0.411. The molecule has 6 heteroatoms. The quantitative estimate of drug-likeness (QED) is 0.842. The van der Waals surface area contributed by atoms with Crippen LogP contribution in [-0.2, 0) is 0 Å². The fourth-order valence-corrected chi connectivity index (χ4v) is 2.09. The van der Waals surface area contributed by atoms with Crippen LogP contribution < -0.4 is 15.8 Å². The van der Waals surface area contributed by atoms with E-state index in [2.05, 4.69) is 21.2 Å². The molecule has 0 aromatic heterocycles. The lowest BCUT2D eigenvalue weighted by molar-refractivity contribution is 0.102. The number of methoxy groups -OCH3 is 1. The number of hydrogen-bond acceptors (Lipinski definition) is 3. The number of nitrogen functional groups attached to an aromatic ring is 1. The summed E-state index contributed by atoms with van der Waals surface area (Å²) in [6.45, 7) is 0. The molecule has 0 saturated carbocycles. The number of nitrogens with two attached hydrogens (primary N) is 1. The molecule has 2 aromatic rings. The van der Waals surface area contributed by atoms with E-state index in [9.17, 15) is 9.18 Å². The molecule has 2 rings (SSSR count). The standard InChI is InChI=1S/C14H12BrFN2O2/c1-20-13-7-11(2-3-12(13)15)18-14(19)8-4-9(16)6-10(17)5-8/h2-7H,17H2,1H3,(H,18,19). The maximum atomic E-state index is 13.2. The van der Waals surface area contributed by atoms with Gasteiger partial charge in [0.2, 0.25) is 0 Å². The second kappa shape index (κ2) is 5.92. The Morgan fingerprint density at radius 3 is 2.70 bits per heavy atom. The molecular weight excluding hydrogens is 327 g/mol. The topological polar surface area (TPSA) is 64.3 Å². The molecule has 2 aromatic carbocycles. The van der Waals surface area contributed by atoms with Crippen LogP contribution in [0.2, 0.25) is 0 Å². The number of nitrogens with one attached hydrogen (secondary N) is 1. The van der Waals surface area contributed by atoms with Crippen LogP contribution in [0.15, 0.2) is 40.9 Å². The van der Waals surface area contributed by atoms with Crippen molar-refractivity contribution in [1.29, 1.82) is 0 Å². The van der Waals surface area contributed by atoms with Gasteiger partial charge in [0, 0.05) is 23.0 Å². The van der Waals surface area contributed by atoms with Gasteiger partial charge in [-0.15, -0.1) is 0 Å². The van der Waals surface area contributed by atoms with Crippen LogP contribution in [-0.4, -0.2) is 13.0 Å². The predicted molar refractivity (Wildman–Crippen MR) is 79.5 cm³/mol. The largest absolute Gasteiger partial charge is 0.495 e. The number of hydrogen-bond donors (Lipinski definition) is 2. The molecule has 0 fully saturated rings. The minimum absolute atomic E-state index is 0.157. The number of benzene rings is 2. The highest BCUT2D eigenvalue weighted by molar-refractivity contribution is 9.10. The molecule has 1 amide bonds. The van der Waals surface area contributed by atoms with Crippen LogP contribution in [0.1, 0.15) is 10.4 Å². The molecule has 0 bridgehead atoms. The molecule has 0 heterocycles. The molecule has 0 aliphatic heterocycles. The van der Waals surface area contributed by atoms with Crippen LogP contribution in [0.4, 0.5) is 15.8 Å². The highest BCUT2D eigenvalue weighted by atomic mass is 79.9. The van der Waals surface area contributed by atoms with Crippen molar-refractivity contribution in [2.45, 2.75) is 0 Å². The Kier molecular flexibility index (Phi) is 4.24. The van der Waals surface area contributed by atoms with Gasteiger partial charge in [-0.25, -0.2) is 4.39 Å². The van der Waals surface area contributed by atoms with E-state index >= 15 is 0 Å². The first-order valence-electron chi connectivity index (χ1n) is 5.70. The van der Waals surface area contributed by atoms with Crippen molar-refractivity contribution in [3.63, 3.8) is 0 Å². The zero-order valence-corrected chi connectivity index (χ0v) is 12.2. The van der Waals surface area contributed by atoms with Gasteiger partial charge in [0.15, 0.2) is 0 Å². The highest BCUT2D eigenvalue weighted by Crippen LogP contribution is 2.28. The number of ether oxygens (including phenoxy) is 1. The molecule has 0 radical (unpaired) electrons. The van der Waals surface area contributed by atoms with E-state index in [1.54, 1.807) is 18.2 Å². The lowest BCUT2D eigenvalue weighted by Crippen LogP contribution is -2.12. The Balaban J connectivity index is 2.23. The summed E-state index contributed by atoms with van der Waals surface area (Å²) in [4.78, 5) is 12.0. The van der Waals surface area contributed by atoms with Gasteiger partial charge in [-0.3, -0.25) is 4.79 Å². The summed E-state index contributed by atoms with van der Waals surface area (Å²) in [6.07, 6.45) is 0.